The Morgan fingerprint density at radius 1 is 1.61 bits per heavy atom. The Kier molecular flexibility index (Phi) is 4.09. The van der Waals surface area contributed by atoms with Crippen LogP contribution in [0, 0.1) is 5.92 Å². The summed E-state index contributed by atoms with van der Waals surface area (Å²) < 4.78 is 10.8. The lowest BCUT2D eigenvalue weighted by Gasteiger charge is -2.11. The van der Waals surface area contributed by atoms with Crippen molar-refractivity contribution in [3.05, 3.63) is 12.3 Å². The van der Waals surface area contributed by atoms with E-state index in [1.54, 1.807) is 12.3 Å². The molecule has 18 heavy (non-hydrogen) atoms. The van der Waals surface area contributed by atoms with Crippen LogP contribution in [0.3, 0.4) is 0 Å². The van der Waals surface area contributed by atoms with Crippen molar-refractivity contribution < 1.29 is 14.3 Å². The van der Waals surface area contributed by atoms with Crippen LogP contribution < -0.4 is 10.1 Å². The van der Waals surface area contributed by atoms with E-state index in [1.165, 1.54) is 0 Å². The largest absolute Gasteiger partial charge is 0.458 e. The number of anilines is 1. The third kappa shape index (κ3) is 3.40. The van der Waals surface area contributed by atoms with E-state index in [0.29, 0.717) is 19.0 Å². The van der Waals surface area contributed by atoms with Gasteiger partial charge in [0.25, 0.3) is 0 Å². The van der Waals surface area contributed by atoms with E-state index in [-0.39, 0.29) is 23.9 Å². The van der Waals surface area contributed by atoms with E-state index < -0.39 is 0 Å². The SMILES string of the molecule is CC(C)C(=O)Nc1ccnc(O[C@H]2CCOC2)n1. The minimum absolute atomic E-state index is 0.000972. The summed E-state index contributed by atoms with van der Waals surface area (Å²) in [7, 11) is 0. The maximum Gasteiger partial charge on any atom is 0.318 e. The van der Waals surface area contributed by atoms with Crippen LogP contribution in [0.2, 0.25) is 0 Å². The van der Waals surface area contributed by atoms with Crippen molar-refractivity contribution >= 4 is 11.7 Å². The molecule has 1 fully saturated rings. The maximum absolute atomic E-state index is 11.5. The minimum Gasteiger partial charge on any atom is -0.458 e. The van der Waals surface area contributed by atoms with Crippen molar-refractivity contribution in [3.8, 4) is 6.01 Å². The fourth-order valence-corrected chi connectivity index (χ4v) is 1.49. The quantitative estimate of drug-likeness (QED) is 0.871. The standard InChI is InChI=1S/C12H17N3O3/c1-8(2)11(16)14-10-3-5-13-12(15-10)18-9-4-6-17-7-9/h3,5,8-9H,4,6-7H2,1-2H3,(H,13,14,15,16)/t9-/m0/s1. The smallest absolute Gasteiger partial charge is 0.318 e. The summed E-state index contributed by atoms with van der Waals surface area (Å²) in [4.78, 5) is 19.7. The summed E-state index contributed by atoms with van der Waals surface area (Å²) in [5, 5.41) is 2.71. The molecule has 1 amide bonds. The first kappa shape index (κ1) is 12.8. The normalized spacial score (nSPS) is 18.9. The molecule has 0 bridgehead atoms. The molecule has 6 heteroatoms. The Morgan fingerprint density at radius 3 is 3.11 bits per heavy atom. The van der Waals surface area contributed by atoms with Gasteiger partial charge >= 0.3 is 6.01 Å². The molecule has 1 aromatic heterocycles. The van der Waals surface area contributed by atoms with Gasteiger partial charge in [0.15, 0.2) is 0 Å². The number of carbonyl (C=O) groups excluding carboxylic acids is 1. The van der Waals surface area contributed by atoms with Crippen molar-refractivity contribution in [2.45, 2.75) is 26.4 Å². The van der Waals surface area contributed by atoms with Gasteiger partial charge in [-0.1, -0.05) is 13.8 Å². The van der Waals surface area contributed by atoms with Crippen LogP contribution in [0.4, 0.5) is 5.82 Å². The molecule has 1 aromatic rings. The highest BCUT2D eigenvalue weighted by Crippen LogP contribution is 2.14. The third-order valence-corrected chi connectivity index (χ3v) is 2.57. The van der Waals surface area contributed by atoms with Crippen LogP contribution >= 0.6 is 0 Å². The number of nitrogens with one attached hydrogen (secondary N) is 1. The number of rotatable bonds is 4. The van der Waals surface area contributed by atoms with Crippen LogP contribution in [-0.4, -0.2) is 35.2 Å². The molecule has 0 saturated carbocycles. The highest BCUT2D eigenvalue weighted by molar-refractivity contribution is 5.91. The molecule has 0 radical (unpaired) electrons. The first-order valence-corrected chi connectivity index (χ1v) is 6.03. The molecule has 0 aliphatic carbocycles. The van der Waals surface area contributed by atoms with Gasteiger partial charge in [-0.05, 0) is 6.07 Å². The number of ether oxygens (including phenoxy) is 2. The molecule has 6 nitrogen and oxygen atoms in total. The summed E-state index contributed by atoms with van der Waals surface area (Å²) in [6.45, 7) is 4.91. The number of amides is 1. The zero-order valence-electron chi connectivity index (χ0n) is 10.5. The molecule has 2 heterocycles. The second-order valence-corrected chi connectivity index (χ2v) is 4.47. The lowest BCUT2D eigenvalue weighted by atomic mass is 10.2. The number of aromatic nitrogens is 2. The summed E-state index contributed by atoms with van der Waals surface area (Å²) in [5.74, 6) is 0.286. The Labute approximate surface area is 106 Å². The first-order chi connectivity index (χ1) is 8.65. The molecular weight excluding hydrogens is 234 g/mol. The molecule has 0 unspecified atom stereocenters. The second kappa shape index (κ2) is 5.77. The van der Waals surface area contributed by atoms with Crippen LogP contribution in [0.15, 0.2) is 12.3 Å². The predicted molar refractivity (Wildman–Crippen MR) is 65.4 cm³/mol. The van der Waals surface area contributed by atoms with Crippen molar-refractivity contribution in [2.75, 3.05) is 18.5 Å². The summed E-state index contributed by atoms with van der Waals surface area (Å²) >= 11 is 0. The van der Waals surface area contributed by atoms with Crippen molar-refractivity contribution in [3.63, 3.8) is 0 Å². The van der Waals surface area contributed by atoms with Gasteiger partial charge in [0.1, 0.15) is 11.9 Å². The molecule has 0 aromatic carbocycles. The molecule has 98 valence electrons. The summed E-state index contributed by atoms with van der Waals surface area (Å²) in [6, 6.07) is 1.91. The molecule has 1 atom stereocenters. The number of nitrogens with zero attached hydrogens (tertiary/aromatic N) is 2. The van der Waals surface area contributed by atoms with E-state index in [0.717, 1.165) is 6.42 Å². The van der Waals surface area contributed by atoms with Crippen LogP contribution in [0.1, 0.15) is 20.3 Å². The fourth-order valence-electron chi connectivity index (χ4n) is 1.49. The zero-order valence-corrected chi connectivity index (χ0v) is 10.5. The van der Waals surface area contributed by atoms with Crippen LogP contribution in [-0.2, 0) is 9.53 Å². The predicted octanol–water partition coefficient (Wildman–Crippen LogP) is 1.24. The van der Waals surface area contributed by atoms with Gasteiger partial charge in [-0.3, -0.25) is 4.79 Å². The van der Waals surface area contributed by atoms with Gasteiger partial charge in [-0.15, -0.1) is 0 Å². The monoisotopic (exact) mass is 251 g/mol. The van der Waals surface area contributed by atoms with Gasteiger partial charge in [0, 0.05) is 18.5 Å². The topological polar surface area (TPSA) is 73.3 Å². The molecule has 1 aliphatic heterocycles. The number of hydrogen-bond acceptors (Lipinski definition) is 5. The third-order valence-electron chi connectivity index (χ3n) is 2.57. The van der Waals surface area contributed by atoms with Gasteiger partial charge in [0.2, 0.25) is 5.91 Å². The van der Waals surface area contributed by atoms with E-state index in [2.05, 4.69) is 15.3 Å². The van der Waals surface area contributed by atoms with E-state index in [1.807, 2.05) is 13.8 Å². The lowest BCUT2D eigenvalue weighted by molar-refractivity contribution is -0.118. The first-order valence-electron chi connectivity index (χ1n) is 6.03. The molecule has 1 N–H and O–H groups in total. The zero-order chi connectivity index (χ0) is 13.0. The Balaban J connectivity index is 1.98. The van der Waals surface area contributed by atoms with Crippen LogP contribution in [0.25, 0.3) is 0 Å². The average Bonchev–Trinajstić information content (AvgIpc) is 2.82. The molecular formula is C12H17N3O3. The van der Waals surface area contributed by atoms with Crippen molar-refractivity contribution in [2.24, 2.45) is 5.92 Å². The number of hydrogen-bond donors (Lipinski definition) is 1. The van der Waals surface area contributed by atoms with E-state index in [4.69, 9.17) is 9.47 Å². The van der Waals surface area contributed by atoms with Gasteiger partial charge in [-0.25, -0.2) is 4.98 Å². The molecule has 1 aliphatic rings. The van der Waals surface area contributed by atoms with E-state index in [9.17, 15) is 4.79 Å². The average molecular weight is 251 g/mol. The molecule has 2 rings (SSSR count). The molecule has 1 saturated heterocycles. The van der Waals surface area contributed by atoms with Gasteiger partial charge < -0.3 is 14.8 Å². The highest BCUT2D eigenvalue weighted by Gasteiger charge is 2.18. The summed E-state index contributed by atoms with van der Waals surface area (Å²) in [6.07, 6.45) is 2.40. The van der Waals surface area contributed by atoms with Gasteiger partial charge in [0.05, 0.1) is 13.2 Å². The lowest BCUT2D eigenvalue weighted by Crippen LogP contribution is -2.20. The van der Waals surface area contributed by atoms with Crippen molar-refractivity contribution in [1.82, 2.24) is 9.97 Å². The number of carbonyl (C=O) groups is 1. The van der Waals surface area contributed by atoms with E-state index >= 15 is 0 Å². The maximum atomic E-state index is 11.5. The fraction of sp³-hybridized carbons (Fsp3) is 0.583. The van der Waals surface area contributed by atoms with Gasteiger partial charge in [-0.2, -0.15) is 4.98 Å². The van der Waals surface area contributed by atoms with Crippen molar-refractivity contribution in [1.29, 1.82) is 0 Å². The molecule has 0 spiro atoms. The highest BCUT2D eigenvalue weighted by atomic mass is 16.6. The Bertz CT molecular complexity index is 417. The second-order valence-electron chi connectivity index (χ2n) is 4.47. The summed E-state index contributed by atoms with van der Waals surface area (Å²) in [5.41, 5.74) is 0. The minimum atomic E-state index is -0.0902. The Morgan fingerprint density at radius 2 is 2.44 bits per heavy atom. The Hall–Kier alpha value is -1.69. The van der Waals surface area contributed by atoms with Crippen LogP contribution in [0.5, 0.6) is 6.01 Å².